The summed E-state index contributed by atoms with van der Waals surface area (Å²) in [4.78, 5) is 216. The number of carbonyl (C=O) groups excluding carboxylic acids is 14. The summed E-state index contributed by atoms with van der Waals surface area (Å²) in [5.41, 5.74) is -1.09. The molecule has 0 aliphatic carbocycles. The van der Waals surface area contributed by atoms with Gasteiger partial charge in [-0.3, -0.25) is 67.1 Å². The van der Waals surface area contributed by atoms with Crippen molar-refractivity contribution in [2.24, 2.45) is 35.5 Å². The van der Waals surface area contributed by atoms with Crippen LogP contribution in [0.4, 0.5) is 20.5 Å². The fraction of sp³-hybridized carbons (Fsp3) is 0.655. The predicted octanol–water partition coefficient (Wildman–Crippen LogP) is 5.00. The smallest absolute Gasteiger partial charge is 0.246 e. The van der Waals surface area contributed by atoms with Crippen LogP contribution in [-0.4, -0.2) is 322 Å². The van der Waals surface area contributed by atoms with Gasteiger partial charge in [0.15, 0.2) is 5.82 Å². The summed E-state index contributed by atoms with van der Waals surface area (Å²) in [6.45, 7) is 31.2. The molecule has 124 heavy (non-hydrogen) atoms. The van der Waals surface area contributed by atoms with Crippen molar-refractivity contribution in [3.05, 3.63) is 53.6 Å². The van der Waals surface area contributed by atoms with Crippen LogP contribution in [0.5, 0.6) is 5.75 Å². The number of phenols is 1. The van der Waals surface area contributed by atoms with Crippen LogP contribution in [0, 0.1) is 47.1 Å². The Morgan fingerprint density at radius 2 is 1.11 bits per heavy atom. The Bertz CT molecular complexity index is 4270. The van der Waals surface area contributed by atoms with E-state index in [4.69, 9.17) is 16.6 Å². The number of nitrogens with zero attached hydrogens (tertiary/aromatic N) is 12. The van der Waals surface area contributed by atoms with Gasteiger partial charge in [0.2, 0.25) is 88.6 Å². The minimum Gasteiger partial charge on any atom is -0.507 e. The molecule has 34 nitrogen and oxygen atoms in total. The molecule has 690 valence electrons. The fourth-order valence-corrected chi connectivity index (χ4v) is 15.5. The average molecular weight is 1760 g/mol. The number of amides is 14. The molecule has 2 saturated heterocycles. The lowest BCUT2D eigenvalue weighted by Crippen LogP contribution is -2.61. The summed E-state index contributed by atoms with van der Waals surface area (Å²) >= 11 is 6.62. The highest BCUT2D eigenvalue weighted by Gasteiger charge is 2.43. The second kappa shape index (κ2) is 47.6. The molecule has 2 aliphatic rings. The van der Waals surface area contributed by atoms with Gasteiger partial charge in [-0.1, -0.05) is 107 Å². The molecule has 0 bridgehead atoms. The van der Waals surface area contributed by atoms with Crippen molar-refractivity contribution < 1.29 is 86.1 Å². The molecule has 2 aliphatic heterocycles. The van der Waals surface area contributed by atoms with Crippen LogP contribution < -0.4 is 36.8 Å². The molecule has 14 amide bonds. The zero-order chi connectivity index (χ0) is 93.5. The number of aliphatic hydroxyl groups excluding tert-OH is 1. The Balaban J connectivity index is 1.08. The zero-order valence-corrected chi connectivity index (χ0v) is 77.1. The number of fused-ring (bicyclic) bond motifs is 1. The van der Waals surface area contributed by atoms with Gasteiger partial charge in [-0.25, -0.2) is 13.8 Å². The number of nitrogens with one attached hydrogen (secondary N) is 6. The maximum absolute atomic E-state index is 16.7. The van der Waals surface area contributed by atoms with Crippen molar-refractivity contribution in [2.75, 3.05) is 125 Å². The zero-order valence-electron chi connectivity index (χ0n) is 76.4. The van der Waals surface area contributed by atoms with E-state index in [-0.39, 0.29) is 153 Å². The minimum atomic E-state index is -1.26. The first-order valence-electron chi connectivity index (χ1n) is 42.9. The number of hydrogen-bond donors (Lipinski definition) is 8. The van der Waals surface area contributed by atoms with E-state index in [1.807, 2.05) is 60.3 Å². The number of phenolic OH excluding ortho intramolecular Hbond substituents is 1. The summed E-state index contributed by atoms with van der Waals surface area (Å²) in [6, 6.07) is -5.15. The van der Waals surface area contributed by atoms with Crippen molar-refractivity contribution in [3.63, 3.8) is 0 Å². The van der Waals surface area contributed by atoms with Crippen molar-refractivity contribution >= 4 is 117 Å². The van der Waals surface area contributed by atoms with E-state index in [9.17, 15) is 77.3 Å². The summed E-state index contributed by atoms with van der Waals surface area (Å²) in [7, 11) is 10.1. The quantitative estimate of drug-likeness (QED) is 0.0346. The number of carbonyl (C=O) groups is 14. The summed E-state index contributed by atoms with van der Waals surface area (Å²) in [5.74, 6) is -11.2. The number of hydrogen-bond acceptors (Lipinski definition) is 20. The molecule has 5 rings (SSSR count). The predicted molar refractivity (Wildman–Crippen MR) is 468 cm³/mol. The van der Waals surface area contributed by atoms with Crippen molar-refractivity contribution in [2.45, 2.75) is 222 Å². The van der Waals surface area contributed by atoms with E-state index in [0.29, 0.717) is 39.0 Å². The number of halogens is 3. The molecule has 0 unspecified atom stereocenters. The maximum atomic E-state index is 16.7. The molecule has 2 aromatic carbocycles. The van der Waals surface area contributed by atoms with Gasteiger partial charge in [-0.15, -0.1) is 0 Å². The van der Waals surface area contributed by atoms with Crippen LogP contribution in [0.1, 0.15) is 162 Å². The largest absolute Gasteiger partial charge is 0.507 e. The molecule has 3 heterocycles. The van der Waals surface area contributed by atoms with E-state index in [1.165, 1.54) is 114 Å². The number of benzene rings is 2. The van der Waals surface area contributed by atoms with Crippen LogP contribution >= 0.6 is 11.6 Å². The number of aliphatic hydroxyl groups is 1. The van der Waals surface area contributed by atoms with E-state index in [0.717, 1.165) is 15.9 Å². The molecule has 0 spiro atoms. The number of aromatic nitrogens is 2. The van der Waals surface area contributed by atoms with Crippen molar-refractivity contribution in [3.8, 4) is 16.9 Å². The SMILES string of the molecule is C=CC(=O)N1CCN(c2nc(NCCC(=O)N3CCN(C(=O)CCC[C@@H](C)[C@@H](O)CC(=O)N[C@@H](CC)C(=O)N(C)CC(=O)N(C)[C@@H](C)C(=O)N[C@H](C(=O)N(C)[C@@H](CC(C)C)C(=O)N[C@@H](C)C(=O)N[C@H](C)C(=O)N(C)[C@@H](CC(C)C)C(=O)N(C)[C@@H](CC(C)C)C(=O)N(C)[C@H](C(=O)NC)C(C)C)C(C)C)CC3)nc3c(F)c(-c4c(O)cccc4F)c(Cl)cc23)CC1. The van der Waals surface area contributed by atoms with Gasteiger partial charge in [-0.2, -0.15) is 4.98 Å². The van der Waals surface area contributed by atoms with Crippen molar-refractivity contribution in [1.82, 2.24) is 80.7 Å². The summed E-state index contributed by atoms with van der Waals surface area (Å²) in [6.07, 6.45) is 1.20. The summed E-state index contributed by atoms with van der Waals surface area (Å²) < 4.78 is 31.9. The molecular weight excluding hydrogens is 1630 g/mol. The van der Waals surface area contributed by atoms with Gasteiger partial charge >= 0.3 is 0 Å². The number of aromatic hydroxyl groups is 1. The Labute approximate surface area is 733 Å². The topological polar surface area (TPSA) is 410 Å². The van der Waals surface area contributed by atoms with E-state index < -0.39 is 166 Å². The first-order valence-corrected chi connectivity index (χ1v) is 43.2. The van der Waals surface area contributed by atoms with E-state index in [1.54, 1.807) is 42.4 Å². The molecule has 1 aromatic heterocycles. The second-order valence-corrected chi connectivity index (χ2v) is 35.1. The molecule has 2 fully saturated rings. The Morgan fingerprint density at radius 1 is 0.589 bits per heavy atom. The van der Waals surface area contributed by atoms with Gasteiger partial charge in [0.1, 0.15) is 77.3 Å². The molecule has 0 saturated carbocycles. The third-order valence-corrected chi connectivity index (χ3v) is 23.3. The maximum Gasteiger partial charge on any atom is 0.246 e. The lowest BCUT2D eigenvalue weighted by atomic mass is 9.95. The normalized spacial score (nSPS) is 15.7. The minimum absolute atomic E-state index is 0.0193. The van der Waals surface area contributed by atoms with Gasteiger partial charge in [0.25, 0.3) is 0 Å². The molecule has 11 atom stereocenters. The van der Waals surface area contributed by atoms with Crippen LogP contribution in [0.3, 0.4) is 0 Å². The standard InChI is InChI=1S/C87H135ClF2N18O16/c1-24-60(95-66(111)46-65(110)53(13)28-26-31-68(113)106-34-36-107(37-35-106)69(114)32-33-92-87-97-75-57(77(98-87)108-40-38-105(39-41-108)67(112)25-2)45-58(88)71(73(75)90)72-59(89)29-27-30-64(72)109)83(121)99(18)47-70(115)100(19)56(16)79(117)96-74(51(9)10)86(124)101(20)61(42-48(3)4)80(118)93-54(14)78(116)94-55(15)82(120)102(21)62(43-49(5)6)84(122)103(22)63(44-50(7)8)85(123)104(23)76(52(11)12)81(119)91-17/h25,27,29-30,45,48-56,60-63,65,74,76,109-110H,2,24,26,28,31-44,46-47H2,1,3-23H3,(H,91,119)(H,93,118)(H,94,116)(H,95,111)(H,96,117)(H,92,97,98)/t53-,54+,55-,56+,60+,61+,62+,63+,65+,74+,76+/m1/s1. The van der Waals surface area contributed by atoms with Gasteiger partial charge in [-0.05, 0) is 119 Å². The number of likely N-dealkylation sites (N-methyl/N-ethyl adjacent to an activating group) is 7. The van der Waals surface area contributed by atoms with Gasteiger partial charge < -0.3 is 91.1 Å². The van der Waals surface area contributed by atoms with E-state index >= 15 is 8.78 Å². The van der Waals surface area contributed by atoms with Crippen LogP contribution in [0.25, 0.3) is 22.0 Å². The highest BCUT2D eigenvalue weighted by molar-refractivity contribution is 6.34. The Morgan fingerprint density at radius 3 is 1.64 bits per heavy atom. The molecule has 37 heteroatoms. The third-order valence-electron chi connectivity index (χ3n) is 23.0. The third kappa shape index (κ3) is 27.8. The number of piperazine rings is 2. The molecule has 0 radical (unpaired) electrons. The molecular formula is C87H135ClF2N18O16. The lowest BCUT2D eigenvalue weighted by Gasteiger charge is -2.39. The van der Waals surface area contributed by atoms with E-state index in [2.05, 4.69) is 43.5 Å². The Hall–Kier alpha value is -10.4. The highest BCUT2D eigenvalue weighted by Crippen LogP contribution is 2.43. The van der Waals surface area contributed by atoms with Gasteiger partial charge in [0.05, 0.1) is 29.7 Å². The first kappa shape index (κ1) is 104. The second-order valence-electron chi connectivity index (χ2n) is 34.7. The Kier molecular flexibility index (Phi) is 40.0. The van der Waals surface area contributed by atoms with Crippen LogP contribution in [0.15, 0.2) is 36.9 Å². The fourth-order valence-electron chi connectivity index (χ4n) is 15.2. The number of anilines is 2. The monoisotopic (exact) mass is 1760 g/mol. The van der Waals surface area contributed by atoms with Gasteiger partial charge in [0, 0.05) is 132 Å². The lowest BCUT2D eigenvalue weighted by molar-refractivity contribution is -0.153. The highest BCUT2D eigenvalue weighted by atomic mass is 35.5. The molecule has 3 aromatic rings. The van der Waals surface area contributed by atoms with Crippen LogP contribution in [-0.2, 0) is 67.1 Å². The first-order chi connectivity index (χ1) is 58.0. The average Bonchev–Trinajstić information content (AvgIpc) is 0.745. The summed E-state index contributed by atoms with van der Waals surface area (Å²) in [5, 5.41) is 38.1. The molecule has 8 N–H and O–H groups in total. The number of rotatable bonds is 43. The van der Waals surface area contributed by atoms with Crippen molar-refractivity contribution in [1.29, 1.82) is 0 Å². The van der Waals surface area contributed by atoms with Crippen LogP contribution in [0.2, 0.25) is 5.02 Å².